The SMILES string of the molecule is Cc1nc(SCC(=O)Nc2c(C)n(C)n(-c3ccccc3)c2=O)c2cnn(-c3ccccc3)c2n1. The maximum absolute atomic E-state index is 13.1. The summed E-state index contributed by atoms with van der Waals surface area (Å²) in [4.78, 5) is 35.0. The van der Waals surface area contributed by atoms with Gasteiger partial charge in [0.15, 0.2) is 5.65 Å². The Morgan fingerprint density at radius 3 is 2.31 bits per heavy atom. The molecule has 0 saturated carbocycles. The lowest BCUT2D eigenvalue weighted by molar-refractivity contribution is -0.113. The highest BCUT2D eigenvalue weighted by atomic mass is 32.2. The first-order chi connectivity index (χ1) is 16.9. The number of hydrogen-bond donors (Lipinski definition) is 1. The van der Waals surface area contributed by atoms with Gasteiger partial charge in [-0.15, -0.1) is 0 Å². The van der Waals surface area contributed by atoms with Gasteiger partial charge >= 0.3 is 0 Å². The number of amides is 1. The van der Waals surface area contributed by atoms with E-state index in [2.05, 4.69) is 20.4 Å². The van der Waals surface area contributed by atoms with Gasteiger partial charge in [-0.2, -0.15) is 5.10 Å². The molecule has 5 aromatic rings. The Morgan fingerprint density at radius 2 is 1.63 bits per heavy atom. The Morgan fingerprint density at radius 1 is 0.971 bits per heavy atom. The van der Waals surface area contributed by atoms with Crippen LogP contribution in [0.15, 0.2) is 76.7 Å². The van der Waals surface area contributed by atoms with Crippen molar-refractivity contribution in [2.45, 2.75) is 18.9 Å². The van der Waals surface area contributed by atoms with Crippen molar-refractivity contribution in [3.63, 3.8) is 0 Å². The van der Waals surface area contributed by atoms with Gasteiger partial charge < -0.3 is 5.32 Å². The predicted octanol–water partition coefficient (Wildman–Crippen LogP) is 3.65. The van der Waals surface area contributed by atoms with Crippen LogP contribution in [0.4, 0.5) is 5.69 Å². The first kappa shape index (κ1) is 22.6. The smallest absolute Gasteiger partial charge is 0.295 e. The molecule has 0 fully saturated rings. The second-order valence-corrected chi connectivity index (χ2v) is 8.94. The number of benzene rings is 2. The number of nitrogens with one attached hydrogen (secondary N) is 1. The number of fused-ring (bicyclic) bond motifs is 1. The summed E-state index contributed by atoms with van der Waals surface area (Å²) >= 11 is 1.29. The lowest BCUT2D eigenvalue weighted by Gasteiger charge is -2.07. The van der Waals surface area contributed by atoms with Crippen LogP contribution in [0.2, 0.25) is 0 Å². The van der Waals surface area contributed by atoms with E-state index in [9.17, 15) is 9.59 Å². The molecule has 10 heteroatoms. The molecule has 0 atom stereocenters. The van der Waals surface area contributed by atoms with Crippen LogP contribution in [0.5, 0.6) is 0 Å². The average molecular weight is 486 g/mol. The zero-order valence-electron chi connectivity index (χ0n) is 19.5. The van der Waals surface area contributed by atoms with Crippen molar-refractivity contribution >= 4 is 34.4 Å². The molecule has 0 bridgehead atoms. The van der Waals surface area contributed by atoms with Crippen LogP contribution < -0.4 is 10.9 Å². The summed E-state index contributed by atoms with van der Waals surface area (Å²) in [6.45, 7) is 3.62. The second-order valence-electron chi connectivity index (χ2n) is 7.98. The number of aryl methyl sites for hydroxylation is 1. The van der Waals surface area contributed by atoms with E-state index < -0.39 is 0 Å². The fraction of sp³-hybridized carbons (Fsp3) is 0.160. The van der Waals surface area contributed by atoms with Crippen LogP contribution in [0.3, 0.4) is 0 Å². The van der Waals surface area contributed by atoms with E-state index in [1.165, 1.54) is 16.4 Å². The Labute approximate surface area is 205 Å². The Kier molecular flexibility index (Phi) is 5.96. The second kappa shape index (κ2) is 9.22. The monoisotopic (exact) mass is 485 g/mol. The minimum Gasteiger partial charge on any atom is -0.319 e. The molecular weight excluding hydrogens is 462 g/mol. The number of rotatable bonds is 6. The third-order valence-electron chi connectivity index (χ3n) is 5.66. The normalized spacial score (nSPS) is 11.2. The van der Waals surface area contributed by atoms with Gasteiger partial charge in [-0.3, -0.25) is 14.3 Å². The number of carbonyl (C=O) groups excluding carboxylic acids is 1. The van der Waals surface area contributed by atoms with E-state index in [0.29, 0.717) is 22.2 Å². The lowest BCUT2D eigenvalue weighted by Crippen LogP contribution is -2.23. The molecule has 3 heterocycles. The maximum atomic E-state index is 13.1. The number of nitrogens with zero attached hydrogens (tertiary/aromatic N) is 6. The van der Waals surface area contributed by atoms with Crippen LogP contribution in [0.1, 0.15) is 11.5 Å². The number of anilines is 1. The molecule has 1 amide bonds. The van der Waals surface area contributed by atoms with Gasteiger partial charge in [0.05, 0.1) is 34.4 Å². The molecule has 0 radical (unpaired) electrons. The van der Waals surface area contributed by atoms with Gasteiger partial charge in [-0.1, -0.05) is 48.2 Å². The van der Waals surface area contributed by atoms with Crippen molar-refractivity contribution in [1.82, 2.24) is 29.1 Å². The van der Waals surface area contributed by atoms with Gasteiger partial charge in [0, 0.05) is 7.05 Å². The minimum atomic E-state index is -0.291. The summed E-state index contributed by atoms with van der Waals surface area (Å²) in [7, 11) is 1.79. The molecule has 176 valence electrons. The molecule has 0 spiro atoms. The molecule has 0 aliphatic heterocycles. The van der Waals surface area contributed by atoms with Gasteiger partial charge in [0.1, 0.15) is 16.5 Å². The standard InChI is InChI=1S/C25H23N7O2S/c1-16-22(25(34)32(30(16)3)19-12-8-5-9-13-19)29-21(33)15-35-24-20-14-26-31(18-10-6-4-7-11-18)23(20)27-17(2)28-24/h4-14H,15H2,1-3H3,(H,29,33). The van der Waals surface area contributed by atoms with Gasteiger partial charge in [-0.25, -0.2) is 19.3 Å². The van der Waals surface area contributed by atoms with Crippen LogP contribution in [0.25, 0.3) is 22.4 Å². The van der Waals surface area contributed by atoms with Gasteiger partial charge in [0.25, 0.3) is 5.56 Å². The lowest BCUT2D eigenvalue weighted by atomic mass is 10.3. The Hall–Kier alpha value is -4.18. The number of carbonyl (C=O) groups is 1. The molecule has 3 aromatic heterocycles. The van der Waals surface area contributed by atoms with Crippen molar-refractivity contribution in [3.8, 4) is 11.4 Å². The van der Waals surface area contributed by atoms with Crippen LogP contribution >= 0.6 is 11.8 Å². The Balaban J connectivity index is 1.38. The Bertz CT molecular complexity index is 1590. The van der Waals surface area contributed by atoms with E-state index in [1.807, 2.05) is 67.6 Å². The number of para-hydroxylation sites is 2. The van der Waals surface area contributed by atoms with Crippen molar-refractivity contribution in [2.24, 2.45) is 7.05 Å². The highest BCUT2D eigenvalue weighted by Crippen LogP contribution is 2.27. The van der Waals surface area contributed by atoms with Crippen molar-refractivity contribution in [3.05, 3.63) is 88.7 Å². The van der Waals surface area contributed by atoms with Crippen LogP contribution in [-0.2, 0) is 11.8 Å². The van der Waals surface area contributed by atoms with Gasteiger partial charge in [-0.05, 0) is 38.1 Å². The summed E-state index contributed by atoms with van der Waals surface area (Å²) < 4.78 is 5.02. The van der Waals surface area contributed by atoms with Crippen molar-refractivity contribution in [1.29, 1.82) is 0 Å². The van der Waals surface area contributed by atoms with Crippen molar-refractivity contribution in [2.75, 3.05) is 11.1 Å². The molecule has 0 unspecified atom stereocenters. The summed E-state index contributed by atoms with van der Waals surface area (Å²) in [6.07, 6.45) is 1.71. The fourth-order valence-corrected chi connectivity index (χ4v) is 4.71. The zero-order valence-corrected chi connectivity index (χ0v) is 20.3. The minimum absolute atomic E-state index is 0.0845. The fourth-order valence-electron chi connectivity index (χ4n) is 3.88. The molecule has 1 N–H and O–H groups in total. The average Bonchev–Trinajstić information content (AvgIpc) is 3.38. The molecule has 0 saturated heterocycles. The molecule has 2 aromatic carbocycles. The third kappa shape index (κ3) is 4.24. The quantitative estimate of drug-likeness (QED) is 0.291. The van der Waals surface area contributed by atoms with E-state index >= 15 is 0 Å². The molecular formula is C25H23N7O2S. The van der Waals surface area contributed by atoms with Gasteiger partial charge in [0.2, 0.25) is 5.91 Å². The zero-order chi connectivity index (χ0) is 24.5. The number of hydrogen-bond acceptors (Lipinski definition) is 6. The first-order valence-corrected chi connectivity index (χ1v) is 12.0. The molecule has 0 aliphatic carbocycles. The summed E-state index contributed by atoms with van der Waals surface area (Å²) in [5, 5.41) is 8.70. The highest BCUT2D eigenvalue weighted by Gasteiger charge is 2.19. The maximum Gasteiger partial charge on any atom is 0.295 e. The molecule has 5 rings (SSSR count). The van der Waals surface area contributed by atoms with E-state index in [-0.39, 0.29) is 22.9 Å². The van der Waals surface area contributed by atoms with E-state index in [0.717, 1.165) is 16.8 Å². The highest BCUT2D eigenvalue weighted by molar-refractivity contribution is 8.00. The summed E-state index contributed by atoms with van der Waals surface area (Å²) in [5.74, 6) is 0.380. The summed E-state index contributed by atoms with van der Waals surface area (Å²) in [5.41, 5.74) is 2.95. The predicted molar refractivity (Wildman–Crippen MR) is 136 cm³/mol. The van der Waals surface area contributed by atoms with E-state index in [4.69, 9.17) is 0 Å². The molecule has 0 aliphatic rings. The first-order valence-electron chi connectivity index (χ1n) is 11.0. The van der Waals surface area contributed by atoms with Crippen molar-refractivity contribution < 1.29 is 4.79 Å². The summed E-state index contributed by atoms with van der Waals surface area (Å²) in [6, 6.07) is 19.0. The van der Waals surface area contributed by atoms with E-state index in [1.54, 1.807) is 29.5 Å². The molecule has 9 nitrogen and oxygen atoms in total. The number of aromatic nitrogens is 6. The van der Waals surface area contributed by atoms with Crippen LogP contribution in [-0.4, -0.2) is 40.8 Å². The number of thioether (sulfide) groups is 1. The topological polar surface area (TPSA) is 99.6 Å². The van der Waals surface area contributed by atoms with Crippen LogP contribution in [0, 0.1) is 13.8 Å². The largest absolute Gasteiger partial charge is 0.319 e. The molecule has 35 heavy (non-hydrogen) atoms. The third-order valence-corrected chi connectivity index (χ3v) is 6.66.